The van der Waals surface area contributed by atoms with Crippen LogP contribution in [-0.2, 0) is 17.9 Å². The Morgan fingerprint density at radius 1 is 1.03 bits per heavy atom. The van der Waals surface area contributed by atoms with Gasteiger partial charge in [0.25, 0.3) is 5.56 Å². The number of benzene rings is 1. The molecule has 2 aromatic heterocycles. The number of nitrogens with zero attached hydrogens (tertiary/aromatic N) is 4. The summed E-state index contributed by atoms with van der Waals surface area (Å²) in [6, 6.07) is 9.71. The van der Waals surface area contributed by atoms with Crippen LogP contribution in [0.3, 0.4) is 0 Å². The van der Waals surface area contributed by atoms with Crippen LogP contribution in [0.15, 0.2) is 45.3 Å². The quantitative estimate of drug-likeness (QED) is 0.508. The van der Waals surface area contributed by atoms with Crippen LogP contribution in [0.4, 0.5) is 5.69 Å². The lowest BCUT2D eigenvalue weighted by atomic mass is 10.2. The number of thiophene rings is 1. The van der Waals surface area contributed by atoms with Gasteiger partial charge < -0.3 is 14.7 Å². The van der Waals surface area contributed by atoms with Gasteiger partial charge in [-0.3, -0.25) is 23.6 Å². The fraction of sp³-hybridized carbons (Fsp3) is 0.435. The van der Waals surface area contributed by atoms with Crippen molar-refractivity contribution >= 4 is 33.2 Å². The monoisotopic (exact) mass is 472 g/mol. The van der Waals surface area contributed by atoms with E-state index < -0.39 is 11.7 Å². The number of aromatic nitrogens is 2. The van der Waals surface area contributed by atoms with Gasteiger partial charge in [-0.05, 0) is 36.5 Å². The number of carboxylic acid groups (broad SMARTS) is 1. The van der Waals surface area contributed by atoms with Crippen molar-refractivity contribution in [3.8, 4) is 5.75 Å². The topological polar surface area (TPSA) is 97.0 Å². The van der Waals surface area contributed by atoms with Crippen LogP contribution in [0.25, 0.3) is 10.2 Å². The number of anilines is 1. The van der Waals surface area contributed by atoms with Gasteiger partial charge in [-0.25, -0.2) is 4.79 Å². The maximum Gasteiger partial charge on any atom is 0.331 e. The molecular weight excluding hydrogens is 444 g/mol. The number of methoxy groups -OCH3 is 1. The highest BCUT2D eigenvalue weighted by Crippen LogP contribution is 2.28. The summed E-state index contributed by atoms with van der Waals surface area (Å²) in [5, 5.41) is 10.8. The third-order valence-corrected chi connectivity index (χ3v) is 6.93. The third kappa shape index (κ3) is 4.96. The Labute approximate surface area is 195 Å². The molecule has 33 heavy (non-hydrogen) atoms. The predicted molar refractivity (Wildman–Crippen MR) is 129 cm³/mol. The Hall–Kier alpha value is -3.11. The molecule has 1 aliphatic heterocycles. The molecule has 3 aromatic rings. The number of carboxylic acids is 1. The second kappa shape index (κ2) is 10.2. The molecule has 9 nitrogen and oxygen atoms in total. The molecule has 1 saturated heterocycles. The third-order valence-electron chi connectivity index (χ3n) is 6.04. The normalized spacial score (nSPS) is 14.6. The molecule has 10 heteroatoms. The number of hydrogen-bond donors (Lipinski definition) is 1. The largest absolute Gasteiger partial charge is 0.495 e. The zero-order valence-electron chi connectivity index (χ0n) is 18.6. The molecule has 1 aliphatic rings. The Kier molecular flexibility index (Phi) is 7.14. The van der Waals surface area contributed by atoms with E-state index >= 15 is 0 Å². The molecule has 0 aliphatic carbocycles. The van der Waals surface area contributed by atoms with E-state index in [-0.39, 0.29) is 18.5 Å². The van der Waals surface area contributed by atoms with Crippen LogP contribution >= 0.6 is 11.3 Å². The van der Waals surface area contributed by atoms with Crippen LogP contribution in [0.5, 0.6) is 5.75 Å². The molecule has 0 atom stereocenters. The van der Waals surface area contributed by atoms with Crippen molar-refractivity contribution in [3.63, 3.8) is 0 Å². The Bertz CT molecular complexity index is 1240. The zero-order chi connectivity index (χ0) is 23.4. The molecule has 176 valence electrons. The number of para-hydroxylation sites is 2. The highest BCUT2D eigenvalue weighted by atomic mass is 32.1. The lowest BCUT2D eigenvalue weighted by molar-refractivity contribution is -0.137. The van der Waals surface area contributed by atoms with Gasteiger partial charge >= 0.3 is 11.7 Å². The van der Waals surface area contributed by atoms with Gasteiger partial charge in [0.1, 0.15) is 10.4 Å². The lowest BCUT2D eigenvalue weighted by Gasteiger charge is -2.36. The average Bonchev–Trinajstić information content (AvgIpc) is 3.31. The first-order valence-electron chi connectivity index (χ1n) is 11.0. The molecule has 0 amide bonds. The van der Waals surface area contributed by atoms with Crippen molar-refractivity contribution < 1.29 is 14.6 Å². The predicted octanol–water partition coefficient (Wildman–Crippen LogP) is 1.92. The minimum absolute atomic E-state index is 0.0482. The molecule has 3 heterocycles. The number of hydrogen-bond acceptors (Lipinski definition) is 7. The van der Waals surface area contributed by atoms with Crippen LogP contribution < -0.4 is 20.9 Å². The Morgan fingerprint density at radius 2 is 1.79 bits per heavy atom. The maximum atomic E-state index is 13.0. The molecular formula is C23H28N4O5S. The average molecular weight is 473 g/mol. The number of piperazine rings is 1. The van der Waals surface area contributed by atoms with E-state index in [4.69, 9.17) is 9.84 Å². The van der Waals surface area contributed by atoms with Gasteiger partial charge in [0.2, 0.25) is 0 Å². The summed E-state index contributed by atoms with van der Waals surface area (Å²) < 4.78 is 8.63. The molecule has 1 aromatic carbocycles. The van der Waals surface area contributed by atoms with E-state index in [1.807, 2.05) is 18.2 Å². The highest BCUT2D eigenvalue weighted by Gasteiger charge is 2.20. The molecule has 0 radical (unpaired) electrons. The summed E-state index contributed by atoms with van der Waals surface area (Å²) in [6.07, 6.45) is 0.499. The molecule has 0 saturated carbocycles. The first-order valence-corrected chi connectivity index (χ1v) is 11.9. The summed E-state index contributed by atoms with van der Waals surface area (Å²) in [6.45, 7) is 4.67. The van der Waals surface area contributed by atoms with Crippen molar-refractivity contribution in [1.29, 1.82) is 0 Å². The summed E-state index contributed by atoms with van der Waals surface area (Å²) >= 11 is 1.28. The molecule has 0 spiro atoms. The van der Waals surface area contributed by atoms with Crippen LogP contribution in [0.2, 0.25) is 0 Å². The van der Waals surface area contributed by atoms with Crippen LogP contribution in [0.1, 0.15) is 12.8 Å². The van der Waals surface area contributed by atoms with Crippen LogP contribution in [0, 0.1) is 0 Å². The summed E-state index contributed by atoms with van der Waals surface area (Å²) in [7, 11) is 1.68. The van der Waals surface area contributed by atoms with Crippen molar-refractivity contribution in [1.82, 2.24) is 14.0 Å². The van der Waals surface area contributed by atoms with Gasteiger partial charge in [-0.1, -0.05) is 12.1 Å². The maximum absolute atomic E-state index is 13.0. The minimum atomic E-state index is -0.977. The second-order valence-corrected chi connectivity index (χ2v) is 8.94. The summed E-state index contributed by atoms with van der Waals surface area (Å²) in [4.78, 5) is 41.5. The lowest BCUT2D eigenvalue weighted by Crippen LogP contribution is -2.47. The Morgan fingerprint density at radius 3 is 2.52 bits per heavy atom. The molecule has 0 unspecified atom stereocenters. The van der Waals surface area contributed by atoms with Crippen molar-refractivity contribution in [2.24, 2.45) is 0 Å². The smallest absolute Gasteiger partial charge is 0.331 e. The minimum Gasteiger partial charge on any atom is -0.495 e. The zero-order valence-corrected chi connectivity index (χ0v) is 19.4. The highest BCUT2D eigenvalue weighted by molar-refractivity contribution is 7.17. The van der Waals surface area contributed by atoms with Gasteiger partial charge in [0.15, 0.2) is 0 Å². The number of carbonyl (C=O) groups is 1. The number of ether oxygens (including phenoxy) is 1. The van der Waals surface area contributed by atoms with Crippen LogP contribution in [-0.4, -0.2) is 64.9 Å². The van der Waals surface area contributed by atoms with Gasteiger partial charge in [0.05, 0.1) is 24.7 Å². The van der Waals surface area contributed by atoms with Crippen molar-refractivity contribution in [2.75, 3.05) is 44.7 Å². The fourth-order valence-electron chi connectivity index (χ4n) is 4.31. The van der Waals surface area contributed by atoms with Crippen molar-refractivity contribution in [2.45, 2.75) is 25.9 Å². The number of aryl methyl sites for hydroxylation is 1. The molecule has 1 N–H and O–H groups in total. The molecule has 1 fully saturated rings. The Balaban J connectivity index is 1.39. The summed E-state index contributed by atoms with van der Waals surface area (Å²) in [5.74, 6) is -0.108. The standard InChI is InChI=1S/C23H28N4O5S/c1-32-19-6-3-2-5-17(19)25-14-12-24(13-15-25)9-4-10-27-22(30)21-18(8-16-33-21)26(23(27)31)11-7-20(28)29/h2-3,5-6,8,16H,4,7,9-15H2,1H3,(H,28,29). The SMILES string of the molecule is COc1ccccc1N1CCN(CCCn2c(=O)c3sccc3n(CCC(=O)O)c2=O)CC1. The number of fused-ring (bicyclic) bond motifs is 1. The first kappa shape index (κ1) is 23.1. The van der Waals surface area contributed by atoms with E-state index in [1.165, 1.54) is 20.5 Å². The van der Waals surface area contributed by atoms with Gasteiger partial charge in [-0.2, -0.15) is 0 Å². The second-order valence-electron chi connectivity index (χ2n) is 8.02. The van der Waals surface area contributed by atoms with E-state index in [9.17, 15) is 14.4 Å². The van der Waals surface area contributed by atoms with E-state index in [2.05, 4.69) is 15.9 Å². The molecule has 4 rings (SSSR count). The number of aliphatic carboxylic acids is 1. The van der Waals surface area contributed by atoms with Gasteiger partial charge in [-0.15, -0.1) is 11.3 Å². The van der Waals surface area contributed by atoms with E-state index in [0.717, 1.165) is 44.2 Å². The summed E-state index contributed by atoms with van der Waals surface area (Å²) in [5.41, 5.74) is 0.878. The fourth-order valence-corrected chi connectivity index (χ4v) is 5.15. The van der Waals surface area contributed by atoms with E-state index in [1.54, 1.807) is 18.6 Å². The number of rotatable bonds is 9. The molecule has 0 bridgehead atoms. The van der Waals surface area contributed by atoms with Crippen molar-refractivity contribution in [3.05, 3.63) is 56.5 Å². The van der Waals surface area contributed by atoms with Gasteiger partial charge in [0, 0.05) is 39.3 Å². The first-order chi connectivity index (χ1) is 16.0. The van der Waals surface area contributed by atoms with E-state index in [0.29, 0.717) is 23.2 Å².